The van der Waals surface area contributed by atoms with Gasteiger partial charge in [0.1, 0.15) is 5.82 Å². The van der Waals surface area contributed by atoms with Crippen LogP contribution in [0.15, 0.2) is 52.3 Å². The topological polar surface area (TPSA) is 75.3 Å². The van der Waals surface area contributed by atoms with Crippen molar-refractivity contribution in [2.24, 2.45) is 0 Å². The molecule has 0 saturated carbocycles. The van der Waals surface area contributed by atoms with E-state index in [0.29, 0.717) is 6.54 Å². The largest absolute Gasteiger partial charge is 0.341 e. The normalized spacial score (nSPS) is 16.6. The molecule has 1 atom stereocenters. The Bertz CT molecular complexity index is 928. The summed E-state index contributed by atoms with van der Waals surface area (Å²) in [6, 6.07) is 9.87. The molecule has 0 aromatic heterocycles. The first-order chi connectivity index (χ1) is 12.4. The third-order valence-electron chi connectivity index (χ3n) is 4.71. The predicted octanol–water partition coefficient (Wildman–Crippen LogP) is 3.01. The summed E-state index contributed by atoms with van der Waals surface area (Å²) in [6.45, 7) is 0.503. The second kappa shape index (κ2) is 7.45. The van der Waals surface area contributed by atoms with Crippen molar-refractivity contribution in [2.45, 2.75) is 35.0 Å². The molecule has 0 unspecified atom stereocenters. The van der Waals surface area contributed by atoms with E-state index in [1.807, 2.05) is 6.07 Å². The standard InChI is InChI=1S/C19H21FN2O3S/c1-21-19(23)22-12-14-5-2-4-13-10-17(8-9-18(13)14)26(24,25)16-7-3-6-15(20)11-16/h3,6-11,14H,2,4-5,12H2,1H3,(H2,21,22,23)/t14-/m1/s1. The highest BCUT2D eigenvalue weighted by molar-refractivity contribution is 7.91. The maximum atomic E-state index is 13.4. The molecule has 0 saturated heterocycles. The van der Waals surface area contributed by atoms with Crippen molar-refractivity contribution < 1.29 is 17.6 Å². The van der Waals surface area contributed by atoms with Crippen LogP contribution < -0.4 is 10.6 Å². The van der Waals surface area contributed by atoms with Crippen LogP contribution in [0.3, 0.4) is 0 Å². The number of carbonyl (C=O) groups excluding carboxylic acids is 1. The first-order valence-corrected chi connectivity index (χ1v) is 9.99. The number of fused-ring (bicyclic) bond motifs is 1. The Labute approximate surface area is 152 Å². The highest BCUT2D eigenvalue weighted by Gasteiger charge is 2.24. The number of hydrogen-bond donors (Lipinski definition) is 2. The fraction of sp³-hybridized carbons (Fsp3) is 0.316. The number of carbonyl (C=O) groups is 1. The molecule has 0 spiro atoms. The monoisotopic (exact) mass is 376 g/mol. The van der Waals surface area contributed by atoms with Crippen molar-refractivity contribution in [1.82, 2.24) is 10.6 Å². The van der Waals surface area contributed by atoms with Crippen molar-refractivity contribution in [1.29, 1.82) is 0 Å². The molecule has 2 aromatic carbocycles. The van der Waals surface area contributed by atoms with Crippen LogP contribution in [0.25, 0.3) is 0 Å². The lowest BCUT2D eigenvalue weighted by Gasteiger charge is -2.26. The van der Waals surface area contributed by atoms with Gasteiger partial charge < -0.3 is 10.6 Å². The number of amides is 2. The van der Waals surface area contributed by atoms with Gasteiger partial charge in [0, 0.05) is 19.5 Å². The zero-order chi connectivity index (χ0) is 18.7. The molecule has 0 bridgehead atoms. The van der Waals surface area contributed by atoms with Crippen molar-refractivity contribution in [3.63, 3.8) is 0 Å². The van der Waals surface area contributed by atoms with Gasteiger partial charge in [-0.1, -0.05) is 12.1 Å². The van der Waals surface area contributed by atoms with E-state index >= 15 is 0 Å². The van der Waals surface area contributed by atoms with Crippen molar-refractivity contribution >= 4 is 15.9 Å². The van der Waals surface area contributed by atoms with E-state index in [-0.39, 0.29) is 21.7 Å². The Morgan fingerprint density at radius 2 is 1.96 bits per heavy atom. The third-order valence-corrected chi connectivity index (χ3v) is 6.45. The molecule has 0 aliphatic heterocycles. The average Bonchev–Trinajstić information content (AvgIpc) is 2.65. The molecule has 1 aliphatic rings. The van der Waals surface area contributed by atoms with Gasteiger partial charge >= 0.3 is 6.03 Å². The molecule has 2 aromatic rings. The number of sulfone groups is 1. The lowest BCUT2D eigenvalue weighted by molar-refractivity contribution is 0.242. The lowest BCUT2D eigenvalue weighted by atomic mass is 9.83. The Balaban J connectivity index is 1.90. The summed E-state index contributed by atoms with van der Waals surface area (Å²) in [5.41, 5.74) is 2.03. The molecule has 5 nitrogen and oxygen atoms in total. The van der Waals surface area contributed by atoms with Crippen LogP contribution >= 0.6 is 0 Å². The maximum Gasteiger partial charge on any atom is 0.314 e. The summed E-state index contributed by atoms with van der Waals surface area (Å²) >= 11 is 0. The molecular formula is C19H21FN2O3S. The first kappa shape index (κ1) is 18.4. The molecule has 138 valence electrons. The van der Waals surface area contributed by atoms with Crippen LogP contribution in [0.1, 0.15) is 29.9 Å². The Morgan fingerprint density at radius 1 is 1.19 bits per heavy atom. The van der Waals surface area contributed by atoms with Crippen LogP contribution in [0.5, 0.6) is 0 Å². The summed E-state index contributed by atoms with van der Waals surface area (Å²) in [6.07, 6.45) is 2.65. The zero-order valence-corrected chi connectivity index (χ0v) is 15.3. The van der Waals surface area contributed by atoms with Crippen molar-refractivity contribution in [3.8, 4) is 0 Å². The van der Waals surface area contributed by atoms with E-state index in [4.69, 9.17) is 0 Å². The predicted molar refractivity (Wildman–Crippen MR) is 96.4 cm³/mol. The van der Waals surface area contributed by atoms with Crippen molar-refractivity contribution in [3.05, 3.63) is 59.4 Å². The quantitative estimate of drug-likeness (QED) is 0.861. The van der Waals surface area contributed by atoms with Crippen LogP contribution in [-0.4, -0.2) is 28.0 Å². The number of urea groups is 1. The van der Waals surface area contributed by atoms with E-state index in [9.17, 15) is 17.6 Å². The van der Waals surface area contributed by atoms with E-state index in [0.717, 1.165) is 36.5 Å². The van der Waals surface area contributed by atoms with Gasteiger partial charge in [0.25, 0.3) is 0 Å². The Morgan fingerprint density at radius 3 is 2.69 bits per heavy atom. The fourth-order valence-electron chi connectivity index (χ4n) is 3.35. The molecule has 26 heavy (non-hydrogen) atoms. The Kier molecular flexibility index (Phi) is 5.27. The number of rotatable bonds is 4. The minimum Gasteiger partial charge on any atom is -0.341 e. The molecule has 2 amide bonds. The number of aryl methyl sites for hydroxylation is 1. The summed E-state index contributed by atoms with van der Waals surface area (Å²) < 4.78 is 39.0. The van der Waals surface area contributed by atoms with Gasteiger partial charge in [-0.05, 0) is 60.7 Å². The molecular weight excluding hydrogens is 355 g/mol. The van der Waals surface area contributed by atoms with Gasteiger partial charge in [-0.15, -0.1) is 0 Å². The summed E-state index contributed by atoms with van der Waals surface area (Å²) in [5, 5.41) is 5.33. The van der Waals surface area contributed by atoms with E-state index < -0.39 is 15.7 Å². The third kappa shape index (κ3) is 3.72. The SMILES string of the molecule is CNC(=O)NC[C@H]1CCCc2cc(S(=O)(=O)c3cccc(F)c3)ccc21. The number of benzene rings is 2. The maximum absolute atomic E-state index is 13.4. The molecule has 0 heterocycles. The van der Waals surface area contributed by atoms with E-state index in [2.05, 4.69) is 10.6 Å². The molecule has 0 fully saturated rings. The van der Waals surface area contributed by atoms with Crippen LogP contribution in [0, 0.1) is 5.82 Å². The first-order valence-electron chi connectivity index (χ1n) is 8.51. The summed E-state index contributed by atoms with van der Waals surface area (Å²) in [4.78, 5) is 11.5. The van der Waals surface area contributed by atoms with Crippen LogP contribution in [-0.2, 0) is 16.3 Å². The van der Waals surface area contributed by atoms with Crippen LogP contribution in [0.4, 0.5) is 9.18 Å². The van der Waals surface area contributed by atoms with Gasteiger partial charge in [-0.3, -0.25) is 0 Å². The highest BCUT2D eigenvalue weighted by atomic mass is 32.2. The number of hydrogen-bond acceptors (Lipinski definition) is 3. The molecule has 7 heteroatoms. The molecule has 0 radical (unpaired) electrons. The second-order valence-corrected chi connectivity index (χ2v) is 8.32. The van der Waals surface area contributed by atoms with Gasteiger partial charge in [-0.25, -0.2) is 17.6 Å². The molecule has 1 aliphatic carbocycles. The highest BCUT2D eigenvalue weighted by Crippen LogP contribution is 2.34. The zero-order valence-electron chi connectivity index (χ0n) is 14.5. The van der Waals surface area contributed by atoms with Crippen molar-refractivity contribution in [2.75, 3.05) is 13.6 Å². The lowest BCUT2D eigenvalue weighted by Crippen LogP contribution is -2.36. The number of halogens is 1. The van der Waals surface area contributed by atoms with Gasteiger partial charge in [-0.2, -0.15) is 0 Å². The number of nitrogens with one attached hydrogen (secondary N) is 2. The van der Waals surface area contributed by atoms with E-state index in [1.165, 1.54) is 18.2 Å². The van der Waals surface area contributed by atoms with Gasteiger partial charge in [0.2, 0.25) is 9.84 Å². The minimum atomic E-state index is -3.76. The second-order valence-electron chi connectivity index (χ2n) is 6.37. The minimum absolute atomic E-state index is 0.0499. The average molecular weight is 376 g/mol. The fourth-order valence-corrected chi connectivity index (χ4v) is 4.69. The van der Waals surface area contributed by atoms with E-state index in [1.54, 1.807) is 19.2 Å². The van der Waals surface area contributed by atoms with Gasteiger partial charge in [0.15, 0.2) is 0 Å². The molecule has 2 N–H and O–H groups in total. The smallest absolute Gasteiger partial charge is 0.314 e. The summed E-state index contributed by atoms with van der Waals surface area (Å²) in [5.74, 6) is -0.425. The molecule has 3 rings (SSSR count). The van der Waals surface area contributed by atoms with Crippen LogP contribution in [0.2, 0.25) is 0 Å². The Hall–Kier alpha value is -2.41. The summed E-state index contributed by atoms with van der Waals surface area (Å²) in [7, 11) is -2.20. The van der Waals surface area contributed by atoms with Gasteiger partial charge in [0.05, 0.1) is 9.79 Å².